The Morgan fingerprint density at radius 2 is 1.78 bits per heavy atom. The molecule has 0 radical (unpaired) electrons. The van der Waals surface area contributed by atoms with Crippen LogP contribution in [0.3, 0.4) is 0 Å². The van der Waals surface area contributed by atoms with Crippen molar-refractivity contribution in [2.75, 3.05) is 20.2 Å². The first-order chi connectivity index (χ1) is 22.0. The second-order valence-electron chi connectivity index (χ2n) is 11.4. The van der Waals surface area contributed by atoms with Crippen molar-refractivity contribution in [3.8, 4) is 5.00 Å². The van der Waals surface area contributed by atoms with Gasteiger partial charge < -0.3 is 15.0 Å². The molecule has 6 rings (SSSR count). The van der Waals surface area contributed by atoms with Crippen LogP contribution >= 0.6 is 38.9 Å². The molecule has 2 amide bonds. The Bertz CT molecular complexity index is 1880. The van der Waals surface area contributed by atoms with Crippen molar-refractivity contribution in [3.05, 3.63) is 96.3 Å². The predicted molar refractivity (Wildman–Crippen MR) is 180 cm³/mol. The Balaban J connectivity index is 1.18. The van der Waals surface area contributed by atoms with Gasteiger partial charge in [0.25, 0.3) is 5.91 Å². The van der Waals surface area contributed by atoms with Crippen molar-refractivity contribution >= 4 is 62.4 Å². The summed E-state index contributed by atoms with van der Waals surface area (Å²) in [4.78, 5) is 46.8. The topological polar surface area (TPSA) is 119 Å². The Kier molecular flexibility index (Phi) is 9.13. The highest BCUT2D eigenvalue weighted by Gasteiger charge is 2.34. The monoisotopic (exact) mass is 722 g/mol. The van der Waals surface area contributed by atoms with Crippen LogP contribution in [0.5, 0.6) is 0 Å². The molecule has 1 N–H and O–H groups in total. The number of hydrogen-bond donors (Lipinski definition) is 1. The highest BCUT2D eigenvalue weighted by molar-refractivity contribution is 9.10. The number of benzene rings is 2. The van der Waals surface area contributed by atoms with Crippen LogP contribution in [0.15, 0.2) is 51.9 Å². The van der Waals surface area contributed by atoms with Crippen LogP contribution in [-0.4, -0.2) is 69.4 Å². The van der Waals surface area contributed by atoms with Gasteiger partial charge in [0.2, 0.25) is 5.91 Å². The number of piperidine rings is 1. The second-order valence-corrected chi connectivity index (χ2v) is 13.9. The first-order valence-corrected chi connectivity index (χ1v) is 16.9. The van der Waals surface area contributed by atoms with Gasteiger partial charge in [-0.25, -0.2) is 4.79 Å². The van der Waals surface area contributed by atoms with E-state index in [4.69, 9.17) is 21.3 Å². The number of aliphatic imine (C=N–C) groups is 1. The quantitative estimate of drug-likeness (QED) is 0.238. The van der Waals surface area contributed by atoms with Crippen LogP contribution < -0.4 is 5.32 Å². The number of esters is 1. The van der Waals surface area contributed by atoms with E-state index in [1.807, 2.05) is 40.7 Å². The number of rotatable bonds is 6. The van der Waals surface area contributed by atoms with Gasteiger partial charge in [0, 0.05) is 50.2 Å². The smallest absolute Gasteiger partial charge is 0.339 e. The molecule has 4 heterocycles. The van der Waals surface area contributed by atoms with Gasteiger partial charge in [-0.1, -0.05) is 23.7 Å². The highest BCUT2D eigenvalue weighted by Crippen LogP contribution is 2.40. The first kappa shape index (κ1) is 32.1. The van der Waals surface area contributed by atoms with Crippen LogP contribution in [-0.2, 0) is 9.53 Å². The van der Waals surface area contributed by atoms with Crippen molar-refractivity contribution in [1.82, 2.24) is 25.0 Å². The predicted octanol–water partition coefficient (Wildman–Crippen LogP) is 6.16. The lowest BCUT2D eigenvalue weighted by molar-refractivity contribution is -0.132. The number of aromatic nitrogens is 3. The van der Waals surface area contributed by atoms with Crippen molar-refractivity contribution < 1.29 is 19.1 Å². The van der Waals surface area contributed by atoms with E-state index >= 15 is 0 Å². The number of methoxy groups -OCH3 is 1. The molecule has 0 spiro atoms. The molecule has 1 atom stereocenters. The van der Waals surface area contributed by atoms with Crippen molar-refractivity contribution in [2.45, 2.75) is 52.1 Å². The van der Waals surface area contributed by atoms with Crippen LogP contribution in [0.25, 0.3) is 5.00 Å². The van der Waals surface area contributed by atoms with Crippen LogP contribution in [0.4, 0.5) is 0 Å². The maximum Gasteiger partial charge on any atom is 0.339 e. The molecule has 0 saturated carbocycles. The van der Waals surface area contributed by atoms with Gasteiger partial charge in [-0.3, -0.25) is 19.1 Å². The number of carbonyl (C=O) groups excluding carboxylic acids is 3. The average Bonchev–Trinajstić information content (AvgIpc) is 3.52. The molecule has 0 bridgehead atoms. The minimum Gasteiger partial charge on any atom is -0.465 e. The molecule has 2 aromatic carbocycles. The van der Waals surface area contributed by atoms with Gasteiger partial charge in [-0.2, -0.15) is 0 Å². The van der Waals surface area contributed by atoms with Gasteiger partial charge in [-0.15, -0.1) is 21.5 Å². The van der Waals surface area contributed by atoms with Crippen molar-refractivity contribution in [3.63, 3.8) is 0 Å². The number of halogens is 2. The van der Waals surface area contributed by atoms with Crippen LogP contribution in [0, 0.1) is 20.8 Å². The molecule has 1 saturated heterocycles. The zero-order valence-corrected chi connectivity index (χ0v) is 28.9. The SMILES string of the molecule is COC(=O)c1ccc(C(=O)NC2CCN(C(=O)C[C@@H]3N=C(c4ccc(Cl)cc4)c4c(sc(C)c4C)-n4c(C)nnc43)CC2)cc1Br. The number of nitrogens with one attached hydrogen (secondary N) is 1. The maximum absolute atomic E-state index is 13.8. The largest absolute Gasteiger partial charge is 0.465 e. The fourth-order valence-electron chi connectivity index (χ4n) is 5.90. The summed E-state index contributed by atoms with van der Waals surface area (Å²) in [7, 11) is 1.31. The molecule has 13 heteroatoms. The summed E-state index contributed by atoms with van der Waals surface area (Å²) in [6.07, 6.45) is 1.38. The summed E-state index contributed by atoms with van der Waals surface area (Å²) in [5, 5.41) is 13.6. The van der Waals surface area contributed by atoms with E-state index in [-0.39, 0.29) is 24.3 Å². The molecule has 4 aromatic rings. The number of amides is 2. The molecular formula is C33H32BrClN6O4S. The third-order valence-corrected chi connectivity index (χ3v) is 10.6. The number of fused-ring (bicyclic) bond motifs is 3. The van der Waals surface area contributed by atoms with E-state index in [9.17, 15) is 14.4 Å². The molecule has 0 aliphatic carbocycles. The third-order valence-electron chi connectivity index (χ3n) is 8.54. The van der Waals surface area contributed by atoms with E-state index in [0.717, 1.165) is 33.2 Å². The molecule has 10 nitrogen and oxygen atoms in total. The number of nitrogens with zero attached hydrogens (tertiary/aromatic N) is 5. The summed E-state index contributed by atoms with van der Waals surface area (Å²) < 4.78 is 7.30. The minimum atomic E-state index is -0.539. The molecule has 46 heavy (non-hydrogen) atoms. The molecule has 238 valence electrons. The first-order valence-electron chi connectivity index (χ1n) is 14.9. The summed E-state index contributed by atoms with van der Waals surface area (Å²) in [6, 6.07) is 11.8. The number of aryl methyl sites for hydroxylation is 2. The van der Waals surface area contributed by atoms with Gasteiger partial charge in [0.05, 0.1) is 24.8 Å². The number of carbonyl (C=O) groups is 3. The molecule has 2 aliphatic heterocycles. The third kappa shape index (κ3) is 6.13. The summed E-state index contributed by atoms with van der Waals surface area (Å²) in [6.45, 7) is 7.13. The lowest BCUT2D eigenvalue weighted by atomic mass is 9.99. The minimum absolute atomic E-state index is 0.0262. The van der Waals surface area contributed by atoms with Crippen LogP contribution in [0.1, 0.15) is 79.2 Å². The van der Waals surface area contributed by atoms with E-state index < -0.39 is 12.0 Å². The normalized spacial score (nSPS) is 16.3. The molecule has 2 aromatic heterocycles. The zero-order chi connectivity index (χ0) is 32.7. The van der Waals surface area contributed by atoms with E-state index in [2.05, 4.69) is 45.3 Å². The molecule has 2 aliphatic rings. The highest BCUT2D eigenvalue weighted by atomic mass is 79.9. The number of thiophene rings is 1. The lowest BCUT2D eigenvalue weighted by Gasteiger charge is -2.33. The van der Waals surface area contributed by atoms with E-state index in [1.54, 1.807) is 29.5 Å². The van der Waals surface area contributed by atoms with Crippen molar-refractivity contribution in [1.29, 1.82) is 0 Å². The summed E-state index contributed by atoms with van der Waals surface area (Å²) >= 11 is 11.2. The Labute approximate surface area is 284 Å². The zero-order valence-electron chi connectivity index (χ0n) is 25.8. The lowest BCUT2D eigenvalue weighted by Crippen LogP contribution is -2.46. The van der Waals surface area contributed by atoms with Gasteiger partial charge in [-0.05, 0) is 85.4 Å². The van der Waals surface area contributed by atoms with Gasteiger partial charge >= 0.3 is 5.97 Å². The fourth-order valence-corrected chi connectivity index (χ4v) is 7.78. The fraction of sp³-hybridized carbons (Fsp3) is 0.333. The maximum atomic E-state index is 13.8. The van der Waals surface area contributed by atoms with Gasteiger partial charge in [0.15, 0.2) is 5.82 Å². The number of likely N-dealkylation sites (tertiary alicyclic amines) is 1. The van der Waals surface area contributed by atoms with Gasteiger partial charge in [0.1, 0.15) is 16.9 Å². The second kappa shape index (κ2) is 13.1. The average molecular weight is 724 g/mol. The van der Waals surface area contributed by atoms with E-state index in [1.165, 1.54) is 12.0 Å². The number of ether oxygens (including phenoxy) is 1. The van der Waals surface area contributed by atoms with E-state index in [0.29, 0.717) is 52.4 Å². The Morgan fingerprint density at radius 1 is 1.07 bits per heavy atom. The van der Waals surface area contributed by atoms with Crippen LogP contribution in [0.2, 0.25) is 5.02 Å². The summed E-state index contributed by atoms with van der Waals surface area (Å²) in [5.41, 5.74) is 4.66. The molecular weight excluding hydrogens is 692 g/mol. The number of hydrogen-bond acceptors (Lipinski definition) is 8. The molecule has 1 fully saturated rings. The van der Waals surface area contributed by atoms with Crippen molar-refractivity contribution in [2.24, 2.45) is 4.99 Å². The summed E-state index contributed by atoms with van der Waals surface area (Å²) in [5.74, 6) is 0.636. The Morgan fingerprint density at radius 3 is 2.46 bits per heavy atom. The Hall–Kier alpha value is -3.87. The molecule has 0 unspecified atom stereocenters. The standard InChI is InChI=1S/C33H32BrClN6O4S/c1-17-18(2)46-32-28(17)29(20-5-8-22(35)9-6-20)37-26(30-39-38-19(3)41(30)32)16-27(42)40-13-11-23(12-14-40)36-31(43)21-7-10-24(25(34)15-21)33(44)45-4/h5-10,15,23,26H,11-14,16H2,1-4H3,(H,36,43)/t26-/m0/s1.